The van der Waals surface area contributed by atoms with E-state index >= 15 is 0 Å². The second-order valence-electron chi connectivity index (χ2n) is 6.19. The second kappa shape index (κ2) is 8.85. The van der Waals surface area contributed by atoms with Crippen molar-refractivity contribution in [1.29, 1.82) is 0 Å². The predicted octanol–water partition coefficient (Wildman–Crippen LogP) is 3.89. The molecule has 1 fully saturated rings. The largest absolute Gasteiger partial charge is 0.376 e. The minimum Gasteiger partial charge on any atom is -0.376 e. The van der Waals surface area contributed by atoms with Gasteiger partial charge in [-0.15, -0.1) is 11.3 Å². The van der Waals surface area contributed by atoms with E-state index in [9.17, 15) is 4.79 Å². The molecule has 1 aliphatic rings. The summed E-state index contributed by atoms with van der Waals surface area (Å²) in [5.74, 6) is 0.426. The van der Waals surface area contributed by atoms with Gasteiger partial charge in [0.05, 0.1) is 19.8 Å². The van der Waals surface area contributed by atoms with Gasteiger partial charge in [0.15, 0.2) is 0 Å². The van der Waals surface area contributed by atoms with Crippen LogP contribution in [0.5, 0.6) is 0 Å². The van der Waals surface area contributed by atoms with Gasteiger partial charge in [0.25, 0.3) is 0 Å². The van der Waals surface area contributed by atoms with Crippen LogP contribution in [-0.4, -0.2) is 30.6 Å². The van der Waals surface area contributed by atoms with Gasteiger partial charge in [0, 0.05) is 23.9 Å². The lowest BCUT2D eigenvalue weighted by molar-refractivity contribution is 0.0591. The number of amides is 2. The highest BCUT2D eigenvalue weighted by Gasteiger charge is 2.23. The topological polar surface area (TPSA) is 41.6 Å². The van der Waals surface area contributed by atoms with Crippen molar-refractivity contribution in [2.24, 2.45) is 5.92 Å². The maximum atomic E-state index is 12.3. The lowest BCUT2D eigenvalue weighted by atomic mass is 9.99. The number of hydrogen-bond donors (Lipinski definition) is 1. The zero-order valence-electron chi connectivity index (χ0n) is 13.8. The van der Waals surface area contributed by atoms with Gasteiger partial charge in [0.1, 0.15) is 0 Å². The van der Waals surface area contributed by atoms with Crippen LogP contribution in [0.3, 0.4) is 0 Å². The molecular weight excluding hydrogens is 320 g/mol. The summed E-state index contributed by atoms with van der Waals surface area (Å²) in [6.07, 6.45) is 2.18. The summed E-state index contributed by atoms with van der Waals surface area (Å²) in [7, 11) is 0. The number of benzene rings is 1. The fraction of sp³-hybridized carbons (Fsp3) is 0.421. The van der Waals surface area contributed by atoms with Crippen molar-refractivity contribution in [3.8, 4) is 0 Å². The highest BCUT2D eigenvalue weighted by molar-refractivity contribution is 7.09. The van der Waals surface area contributed by atoms with Crippen molar-refractivity contribution in [3.63, 3.8) is 0 Å². The minimum atomic E-state index is 0.0381. The van der Waals surface area contributed by atoms with E-state index in [4.69, 9.17) is 4.74 Å². The van der Waals surface area contributed by atoms with Gasteiger partial charge >= 0.3 is 6.03 Å². The van der Waals surface area contributed by atoms with Crippen molar-refractivity contribution in [2.75, 3.05) is 19.7 Å². The van der Waals surface area contributed by atoms with Crippen LogP contribution in [-0.2, 0) is 17.9 Å². The number of rotatable bonds is 6. The summed E-state index contributed by atoms with van der Waals surface area (Å²) in [5, 5.41) is 5.04. The van der Waals surface area contributed by atoms with Crippen LogP contribution < -0.4 is 5.32 Å². The van der Waals surface area contributed by atoms with Gasteiger partial charge in [0.2, 0.25) is 0 Å². The first-order valence-corrected chi connectivity index (χ1v) is 9.36. The molecule has 1 unspecified atom stereocenters. The molecule has 3 rings (SSSR count). The number of urea groups is 1. The Bertz CT molecular complexity index is 616. The molecule has 1 saturated heterocycles. The van der Waals surface area contributed by atoms with Crippen molar-refractivity contribution in [3.05, 3.63) is 58.3 Å². The van der Waals surface area contributed by atoms with E-state index in [2.05, 4.69) is 17.4 Å². The van der Waals surface area contributed by atoms with Gasteiger partial charge in [-0.1, -0.05) is 36.4 Å². The molecule has 24 heavy (non-hydrogen) atoms. The molecule has 4 nitrogen and oxygen atoms in total. The van der Waals surface area contributed by atoms with E-state index in [1.54, 1.807) is 11.3 Å². The molecule has 1 atom stereocenters. The highest BCUT2D eigenvalue weighted by Crippen LogP contribution is 2.18. The van der Waals surface area contributed by atoms with Gasteiger partial charge in [-0.2, -0.15) is 0 Å². The number of ether oxygens (including phenoxy) is 1. The Labute approximate surface area is 147 Å². The Balaban J connectivity index is 1.39. The van der Waals surface area contributed by atoms with E-state index in [0.717, 1.165) is 25.9 Å². The molecule has 1 aromatic heterocycles. The lowest BCUT2D eigenvalue weighted by Gasteiger charge is -2.32. The van der Waals surface area contributed by atoms with Gasteiger partial charge < -0.3 is 15.0 Å². The smallest absolute Gasteiger partial charge is 0.317 e. The first kappa shape index (κ1) is 17.0. The van der Waals surface area contributed by atoms with Crippen LogP contribution in [0, 0.1) is 5.92 Å². The molecule has 2 heterocycles. The summed E-state index contributed by atoms with van der Waals surface area (Å²) >= 11 is 1.67. The minimum absolute atomic E-state index is 0.0381. The molecule has 0 radical (unpaired) electrons. The molecular formula is C19H24N2O2S. The van der Waals surface area contributed by atoms with E-state index in [-0.39, 0.29) is 6.03 Å². The van der Waals surface area contributed by atoms with E-state index < -0.39 is 0 Å². The molecule has 0 bridgehead atoms. The summed E-state index contributed by atoms with van der Waals surface area (Å²) in [4.78, 5) is 15.4. The fourth-order valence-corrected chi connectivity index (χ4v) is 3.64. The summed E-state index contributed by atoms with van der Waals surface area (Å²) in [5.41, 5.74) is 1.19. The average molecular weight is 344 g/mol. The summed E-state index contributed by atoms with van der Waals surface area (Å²) < 4.78 is 5.85. The average Bonchev–Trinajstić information content (AvgIpc) is 3.14. The standard InChI is InChI=1S/C19H24N2O2S/c22-19(20-12-18-9-5-11-24-18)21-10-4-8-17(13-21)15-23-14-16-6-2-1-3-7-16/h1-3,5-7,9,11,17H,4,8,10,12-15H2,(H,20,22). The number of hydrogen-bond acceptors (Lipinski definition) is 3. The molecule has 1 aliphatic heterocycles. The van der Waals surface area contributed by atoms with Crippen LogP contribution in [0.25, 0.3) is 0 Å². The van der Waals surface area contributed by atoms with Gasteiger partial charge in [-0.25, -0.2) is 4.79 Å². The third-order valence-corrected chi connectivity index (χ3v) is 5.14. The molecule has 0 spiro atoms. The zero-order chi connectivity index (χ0) is 16.6. The Kier molecular flexibility index (Phi) is 6.26. The molecule has 0 aliphatic carbocycles. The fourth-order valence-electron chi connectivity index (χ4n) is 2.99. The molecule has 5 heteroatoms. The molecule has 128 valence electrons. The Morgan fingerprint density at radius 1 is 1.25 bits per heavy atom. The number of likely N-dealkylation sites (tertiary alicyclic amines) is 1. The highest BCUT2D eigenvalue weighted by atomic mass is 32.1. The third kappa shape index (κ3) is 5.08. The first-order chi connectivity index (χ1) is 11.8. The van der Waals surface area contributed by atoms with Crippen LogP contribution in [0.15, 0.2) is 47.8 Å². The number of carbonyl (C=O) groups is 1. The monoisotopic (exact) mass is 344 g/mol. The third-order valence-electron chi connectivity index (χ3n) is 4.27. The second-order valence-corrected chi connectivity index (χ2v) is 7.23. The zero-order valence-corrected chi connectivity index (χ0v) is 14.6. The maximum Gasteiger partial charge on any atom is 0.317 e. The van der Waals surface area contributed by atoms with Gasteiger partial charge in [-0.3, -0.25) is 0 Å². The molecule has 2 amide bonds. The van der Waals surface area contributed by atoms with Crippen LogP contribution in [0.4, 0.5) is 4.79 Å². The number of nitrogens with zero attached hydrogens (tertiary/aromatic N) is 1. The Hall–Kier alpha value is -1.85. The van der Waals surface area contributed by atoms with E-state index in [0.29, 0.717) is 25.7 Å². The number of thiophene rings is 1. The van der Waals surface area contributed by atoms with Crippen molar-refractivity contribution in [2.45, 2.75) is 26.0 Å². The maximum absolute atomic E-state index is 12.3. The Morgan fingerprint density at radius 3 is 2.92 bits per heavy atom. The van der Waals surface area contributed by atoms with Crippen molar-refractivity contribution >= 4 is 17.4 Å². The van der Waals surface area contributed by atoms with Crippen molar-refractivity contribution < 1.29 is 9.53 Å². The lowest BCUT2D eigenvalue weighted by Crippen LogP contribution is -2.46. The molecule has 0 saturated carbocycles. The van der Waals surface area contributed by atoms with Crippen molar-refractivity contribution in [1.82, 2.24) is 10.2 Å². The number of nitrogens with one attached hydrogen (secondary N) is 1. The predicted molar refractivity (Wildman–Crippen MR) is 96.9 cm³/mol. The Morgan fingerprint density at radius 2 is 2.12 bits per heavy atom. The SMILES string of the molecule is O=C(NCc1cccs1)N1CCCC(COCc2ccccc2)C1. The van der Waals surface area contributed by atoms with Crippen LogP contribution in [0.1, 0.15) is 23.3 Å². The van der Waals surface area contributed by atoms with Crippen LogP contribution >= 0.6 is 11.3 Å². The quantitative estimate of drug-likeness (QED) is 0.864. The van der Waals surface area contributed by atoms with Gasteiger partial charge in [-0.05, 0) is 29.9 Å². The molecule has 1 aromatic carbocycles. The van der Waals surface area contributed by atoms with E-state index in [1.807, 2.05) is 40.6 Å². The summed E-state index contributed by atoms with van der Waals surface area (Å²) in [6, 6.07) is 14.3. The molecule has 2 aromatic rings. The van der Waals surface area contributed by atoms with Crippen LogP contribution in [0.2, 0.25) is 0 Å². The number of carbonyl (C=O) groups excluding carboxylic acids is 1. The number of piperidine rings is 1. The van der Waals surface area contributed by atoms with E-state index in [1.165, 1.54) is 10.4 Å². The molecule has 1 N–H and O–H groups in total. The summed E-state index contributed by atoms with van der Waals surface area (Å²) in [6.45, 7) is 3.59. The first-order valence-electron chi connectivity index (χ1n) is 8.48. The normalized spacial score (nSPS) is 17.7.